The van der Waals surface area contributed by atoms with Crippen LogP contribution in [0.5, 0.6) is 0 Å². The molecular formula is C5H16N2O2Si. The summed E-state index contributed by atoms with van der Waals surface area (Å²) >= 11 is 0. The Kier molecular flexibility index (Phi) is 4.84. The molecule has 0 spiro atoms. The van der Waals surface area contributed by atoms with Gasteiger partial charge in [0, 0.05) is 13.2 Å². The summed E-state index contributed by atoms with van der Waals surface area (Å²) in [7, 11) is -2.20. The number of hydrazine groups is 1. The predicted octanol–water partition coefficient (Wildman–Crippen LogP) is 0.0914. The van der Waals surface area contributed by atoms with E-state index in [9.17, 15) is 0 Å². The molecule has 0 aromatic heterocycles. The molecular weight excluding hydrogens is 148 g/mol. The van der Waals surface area contributed by atoms with Crippen LogP contribution in [0.3, 0.4) is 0 Å². The van der Waals surface area contributed by atoms with Crippen molar-refractivity contribution in [3.8, 4) is 0 Å². The number of hydrogen-bond acceptors (Lipinski definition) is 4. The largest absolute Gasteiger partial charge is 0.435 e. The van der Waals surface area contributed by atoms with Crippen molar-refractivity contribution in [1.29, 1.82) is 0 Å². The molecule has 0 amide bonds. The third-order valence-electron chi connectivity index (χ3n) is 1.10. The predicted molar refractivity (Wildman–Crippen MR) is 42.2 cm³/mol. The van der Waals surface area contributed by atoms with Crippen LogP contribution in [-0.2, 0) is 8.85 Å². The van der Waals surface area contributed by atoms with Gasteiger partial charge in [-0.25, -0.2) is 5.09 Å². The third kappa shape index (κ3) is 3.28. The van der Waals surface area contributed by atoms with Gasteiger partial charge in [0.05, 0.1) is 0 Å². The first kappa shape index (κ1) is 10.1. The molecule has 0 saturated heterocycles. The zero-order valence-corrected chi connectivity index (χ0v) is 7.81. The Bertz CT molecular complexity index is 85.7. The average molecular weight is 164 g/mol. The maximum absolute atomic E-state index is 5.30. The lowest BCUT2D eigenvalue weighted by molar-refractivity contribution is 0.178. The van der Waals surface area contributed by atoms with E-state index in [0.29, 0.717) is 13.2 Å². The van der Waals surface area contributed by atoms with Gasteiger partial charge in [-0.3, -0.25) is 5.84 Å². The first-order valence-electron chi connectivity index (χ1n) is 3.44. The molecule has 0 aromatic carbocycles. The van der Waals surface area contributed by atoms with Crippen LogP contribution in [0.4, 0.5) is 0 Å². The highest BCUT2D eigenvalue weighted by atomic mass is 28.4. The van der Waals surface area contributed by atoms with Crippen molar-refractivity contribution in [2.24, 2.45) is 5.84 Å². The number of nitrogens with two attached hydrogens (primary N) is 1. The standard InChI is InChI=1S/C5H16N2O2Si/c1-4-8-10(3,7-6)9-5-2/h7H,4-6H2,1-3H3. The van der Waals surface area contributed by atoms with Crippen LogP contribution in [0.2, 0.25) is 6.55 Å². The fourth-order valence-corrected chi connectivity index (χ4v) is 2.03. The molecule has 0 unspecified atom stereocenters. The van der Waals surface area contributed by atoms with Crippen molar-refractivity contribution < 1.29 is 8.85 Å². The minimum atomic E-state index is -2.20. The van der Waals surface area contributed by atoms with Crippen molar-refractivity contribution >= 4 is 8.72 Å². The van der Waals surface area contributed by atoms with Crippen LogP contribution in [0.25, 0.3) is 0 Å². The Morgan fingerprint density at radius 3 is 1.90 bits per heavy atom. The summed E-state index contributed by atoms with van der Waals surface area (Å²) in [5.41, 5.74) is 0. The van der Waals surface area contributed by atoms with Crippen molar-refractivity contribution in [2.45, 2.75) is 20.4 Å². The van der Waals surface area contributed by atoms with E-state index in [4.69, 9.17) is 14.7 Å². The normalized spacial score (nSPS) is 12.0. The van der Waals surface area contributed by atoms with E-state index in [2.05, 4.69) is 5.09 Å². The molecule has 3 N–H and O–H groups in total. The Morgan fingerprint density at radius 1 is 1.30 bits per heavy atom. The van der Waals surface area contributed by atoms with Crippen LogP contribution in [-0.4, -0.2) is 21.9 Å². The van der Waals surface area contributed by atoms with Gasteiger partial charge >= 0.3 is 8.72 Å². The lowest BCUT2D eigenvalue weighted by Gasteiger charge is -2.23. The highest BCUT2D eigenvalue weighted by Gasteiger charge is 2.29. The summed E-state index contributed by atoms with van der Waals surface area (Å²) in [6.07, 6.45) is 0. The highest BCUT2D eigenvalue weighted by molar-refractivity contribution is 6.63. The summed E-state index contributed by atoms with van der Waals surface area (Å²) in [4.78, 5) is 0. The molecule has 0 aliphatic carbocycles. The van der Waals surface area contributed by atoms with Gasteiger partial charge in [0.15, 0.2) is 0 Å². The number of rotatable bonds is 5. The van der Waals surface area contributed by atoms with Crippen molar-refractivity contribution in [2.75, 3.05) is 13.2 Å². The van der Waals surface area contributed by atoms with E-state index >= 15 is 0 Å². The number of hydrogen-bond donors (Lipinski definition) is 2. The first-order valence-corrected chi connectivity index (χ1v) is 5.75. The molecule has 0 aliphatic rings. The molecule has 0 heterocycles. The Labute approximate surface area is 63.0 Å². The summed E-state index contributed by atoms with van der Waals surface area (Å²) in [5, 5.41) is 2.57. The SMILES string of the molecule is CCO[Si](C)(NN)OCC. The Balaban J connectivity index is 3.69. The summed E-state index contributed by atoms with van der Waals surface area (Å²) in [5.74, 6) is 5.24. The van der Waals surface area contributed by atoms with Crippen LogP contribution >= 0.6 is 0 Å². The van der Waals surface area contributed by atoms with Gasteiger partial charge in [0.25, 0.3) is 0 Å². The zero-order valence-electron chi connectivity index (χ0n) is 6.81. The lowest BCUT2D eigenvalue weighted by atomic mass is 10.9. The van der Waals surface area contributed by atoms with Crippen molar-refractivity contribution in [3.63, 3.8) is 0 Å². The molecule has 0 bridgehead atoms. The minimum absolute atomic E-state index is 0.632. The van der Waals surface area contributed by atoms with Crippen molar-refractivity contribution in [3.05, 3.63) is 0 Å². The summed E-state index contributed by atoms with van der Waals surface area (Å²) in [6.45, 7) is 6.98. The van der Waals surface area contributed by atoms with Crippen LogP contribution in [0, 0.1) is 0 Å². The third-order valence-corrected chi connectivity index (χ3v) is 3.31. The second-order valence-corrected chi connectivity index (χ2v) is 4.71. The maximum Gasteiger partial charge on any atom is 0.435 e. The number of nitrogens with one attached hydrogen (secondary N) is 1. The Hall–Kier alpha value is 0.0569. The van der Waals surface area contributed by atoms with Gasteiger partial charge < -0.3 is 8.85 Å². The van der Waals surface area contributed by atoms with E-state index in [-0.39, 0.29) is 0 Å². The van der Waals surface area contributed by atoms with E-state index in [1.807, 2.05) is 20.4 Å². The van der Waals surface area contributed by atoms with Gasteiger partial charge in [-0.2, -0.15) is 0 Å². The quantitative estimate of drug-likeness (QED) is 0.343. The molecule has 0 aromatic rings. The van der Waals surface area contributed by atoms with Gasteiger partial charge in [-0.1, -0.05) is 0 Å². The van der Waals surface area contributed by atoms with Gasteiger partial charge in [0.2, 0.25) is 0 Å². The molecule has 0 saturated carbocycles. The van der Waals surface area contributed by atoms with Crippen LogP contribution in [0.1, 0.15) is 13.8 Å². The Morgan fingerprint density at radius 2 is 1.70 bits per heavy atom. The fraction of sp³-hybridized carbons (Fsp3) is 1.00. The molecule has 5 heteroatoms. The summed E-state index contributed by atoms with van der Waals surface area (Å²) < 4.78 is 10.6. The van der Waals surface area contributed by atoms with Gasteiger partial charge in [-0.15, -0.1) is 0 Å². The minimum Gasteiger partial charge on any atom is -0.382 e. The second kappa shape index (κ2) is 4.81. The summed E-state index contributed by atoms with van der Waals surface area (Å²) in [6, 6.07) is 0. The lowest BCUT2D eigenvalue weighted by Crippen LogP contribution is -2.57. The van der Waals surface area contributed by atoms with E-state index in [1.165, 1.54) is 0 Å². The van der Waals surface area contributed by atoms with Crippen LogP contribution < -0.4 is 10.9 Å². The van der Waals surface area contributed by atoms with E-state index in [1.54, 1.807) is 0 Å². The van der Waals surface area contributed by atoms with Crippen molar-refractivity contribution in [1.82, 2.24) is 5.09 Å². The molecule has 0 aliphatic heterocycles. The molecule has 0 rings (SSSR count). The smallest absolute Gasteiger partial charge is 0.382 e. The zero-order chi connectivity index (χ0) is 8.04. The maximum atomic E-state index is 5.30. The molecule has 4 nitrogen and oxygen atoms in total. The molecule has 10 heavy (non-hydrogen) atoms. The molecule has 0 atom stereocenters. The van der Waals surface area contributed by atoms with Crippen LogP contribution in [0.15, 0.2) is 0 Å². The fourth-order valence-electron chi connectivity index (χ4n) is 0.676. The second-order valence-electron chi connectivity index (χ2n) is 1.96. The van der Waals surface area contributed by atoms with Gasteiger partial charge in [-0.05, 0) is 20.4 Å². The highest BCUT2D eigenvalue weighted by Crippen LogP contribution is 1.99. The molecule has 62 valence electrons. The first-order chi connectivity index (χ1) is 4.68. The molecule has 0 fully saturated rings. The van der Waals surface area contributed by atoms with E-state index < -0.39 is 8.72 Å². The molecule has 0 radical (unpaired) electrons. The average Bonchev–Trinajstić information content (AvgIpc) is 1.89. The monoisotopic (exact) mass is 164 g/mol. The van der Waals surface area contributed by atoms with E-state index in [0.717, 1.165) is 0 Å². The van der Waals surface area contributed by atoms with Gasteiger partial charge in [0.1, 0.15) is 0 Å². The topological polar surface area (TPSA) is 56.5 Å².